The molecule has 0 aliphatic heterocycles. The lowest BCUT2D eigenvalue weighted by Crippen LogP contribution is -2.32. The summed E-state index contributed by atoms with van der Waals surface area (Å²) >= 11 is 3.25. The van der Waals surface area contributed by atoms with Crippen LogP contribution in [0.25, 0.3) is 0 Å². The Morgan fingerprint density at radius 1 is 1.08 bits per heavy atom. The van der Waals surface area contributed by atoms with E-state index in [1.807, 2.05) is 31.2 Å². The zero-order valence-corrected chi connectivity index (χ0v) is 15.3. The fourth-order valence-electron chi connectivity index (χ4n) is 2.06. The number of carbonyl (C=O) groups is 1. The second kappa shape index (κ2) is 10.4. The summed E-state index contributed by atoms with van der Waals surface area (Å²) in [5.74, 6) is 2.12. The highest BCUT2D eigenvalue weighted by Crippen LogP contribution is 2.18. The number of rotatable bonds is 9. The molecule has 0 radical (unpaired) electrons. The molecular weight excluding hydrogens is 341 g/mol. The van der Waals surface area contributed by atoms with Gasteiger partial charge < -0.3 is 5.32 Å². The Bertz CT molecular complexity index is 636. The third-order valence-corrected chi connectivity index (χ3v) is 5.70. The molecule has 24 heavy (non-hydrogen) atoms. The fourth-order valence-corrected chi connectivity index (χ4v) is 3.77. The molecule has 2 rings (SSSR count). The lowest BCUT2D eigenvalue weighted by atomic mass is 10.2. The molecule has 0 fully saturated rings. The molecule has 128 valence electrons. The van der Waals surface area contributed by atoms with E-state index < -0.39 is 0 Å². The second-order valence-electron chi connectivity index (χ2n) is 5.37. The molecule has 1 atom stereocenters. The average molecular weight is 364 g/mol. The molecular formula is C19H22FNOS2. The number of hydrogen-bond donors (Lipinski definition) is 1. The van der Waals surface area contributed by atoms with Crippen LogP contribution in [-0.4, -0.2) is 23.5 Å². The number of benzene rings is 2. The van der Waals surface area contributed by atoms with E-state index in [4.69, 9.17) is 0 Å². The van der Waals surface area contributed by atoms with Crippen molar-refractivity contribution in [1.29, 1.82) is 0 Å². The number of carbonyl (C=O) groups excluding carboxylic acids is 1. The summed E-state index contributed by atoms with van der Waals surface area (Å²) in [7, 11) is 0. The standard InChI is InChI=1S/C19H22FNOS2/c1-15(24-13-16-7-3-2-4-8-16)19(22)21-11-12-23-14-17-9-5-6-10-18(17)20/h2-10,15H,11-14H2,1H3,(H,21,22)/t15-/m1/s1. The van der Waals surface area contributed by atoms with Gasteiger partial charge in [-0.05, 0) is 24.1 Å². The van der Waals surface area contributed by atoms with Gasteiger partial charge in [-0.15, -0.1) is 11.8 Å². The van der Waals surface area contributed by atoms with Crippen molar-refractivity contribution in [1.82, 2.24) is 5.32 Å². The molecule has 0 heterocycles. The first-order chi connectivity index (χ1) is 11.7. The molecule has 0 bridgehead atoms. The van der Waals surface area contributed by atoms with E-state index in [9.17, 15) is 9.18 Å². The van der Waals surface area contributed by atoms with Gasteiger partial charge in [0, 0.05) is 23.8 Å². The third kappa shape index (κ3) is 6.57. The molecule has 2 aromatic carbocycles. The van der Waals surface area contributed by atoms with Gasteiger partial charge in [-0.3, -0.25) is 4.79 Å². The summed E-state index contributed by atoms with van der Waals surface area (Å²) in [6.07, 6.45) is 0. The SMILES string of the molecule is C[C@@H](SCc1ccccc1)C(=O)NCCSCc1ccccc1F. The highest BCUT2D eigenvalue weighted by atomic mass is 32.2. The summed E-state index contributed by atoms with van der Waals surface area (Å²) in [5.41, 5.74) is 1.93. The minimum Gasteiger partial charge on any atom is -0.354 e. The minimum absolute atomic E-state index is 0.0578. The van der Waals surface area contributed by atoms with Gasteiger partial charge in [0.15, 0.2) is 0 Å². The summed E-state index contributed by atoms with van der Waals surface area (Å²) in [6.45, 7) is 2.53. The number of halogens is 1. The van der Waals surface area contributed by atoms with Crippen LogP contribution in [0.5, 0.6) is 0 Å². The van der Waals surface area contributed by atoms with Gasteiger partial charge in [-0.2, -0.15) is 11.8 Å². The highest BCUT2D eigenvalue weighted by molar-refractivity contribution is 7.99. The lowest BCUT2D eigenvalue weighted by Gasteiger charge is -2.12. The van der Waals surface area contributed by atoms with E-state index in [1.54, 1.807) is 35.7 Å². The third-order valence-electron chi connectivity index (χ3n) is 3.47. The Balaban J connectivity index is 1.59. The van der Waals surface area contributed by atoms with Gasteiger partial charge in [0.1, 0.15) is 5.82 Å². The summed E-state index contributed by atoms with van der Waals surface area (Å²) in [4.78, 5) is 12.1. The quantitative estimate of drug-likeness (QED) is 0.665. The second-order valence-corrected chi connectivity index (χ2v) is 7.81. The van der Waals surface area contributed by atoms with Crippen LogP contribution < -0.4 is 5.32 Å². The predicted molar refractivity (Wildman–Crippen MR) is 103 cm³/mol. The van der Waals surface area contributed by atoms with Crippen LogP contribution in [0, 0.1) is 5.82 Å². The van der Waals surface area contributed by atoms with E-state index >= 15 is 0 Å². The molecule has 0 aromatic heterocycles. The Morgan fingerprint density at radius 2 is 1.79 bits per heavy atom. The largest absolute Gasteiger partial charge is 0.354 e. The Morgan fingerprint density at radius 3 is 2.54 bits per heavy atom. The van der Waals surface area contributed by atoms with Crippen molar-refractivity contribution in [3.05, 3.63) is 71.5 Å². The molecule has 2 nitrogen and oxygen atoms in total. The predicted octanol–water partition coefficient (Wildman–Crippen LogP) is 4.50. The first-order valence-corrected chi connectivity index (χ1v) is 10.1. The van der Waals surface area contributed by atoms with E-state index in [0.29, 0.717) is 17.9 Å². The zero-order valence-electron chi connectivity index (χ0n) is 13.7. The van der Waals surface area contributed by atoms with E-state index in [-0.39, 0.29) is 17.0 Å². The van der Waals surface area contributed by atoms with Crippen molar-refractivity contribution < 1.29 is 9.18 Å². The average Bonchev–Trinajstić information content (AvgIpc) is 2.61. The maximum absolute atomic E-state index is 13.5. The number of hydrogen-bond acceptors (Lipinski definition) is 3. The molecule has 0 aliphatic carbocycles. The Hall–Kier alpha value is -1.46. The van der Waals surface area contributed by atoms with Crippen molar-refractivity contribution >= 4 is 29.4 Å². The van der Waals surface area contributed by atoms with Crippen LogP contribution in [0.2, 0.25) is 0 Å². The number of thioether (sulfide) groups is 2. The van der Waals surface area contributed by atoms with Gasteiger partial charge in [0.25, 0.3) is 0 Å². The van der Waals surface area contributed by atoms with Crippen LogP contribution in [0.4, 0.5) is 4.39 Å². The van der Waals surface area contributed by atoms with Crippen LogP contribution in [0.15, 0.2) is 54.6 Å². The summed E-state index contributed by atoms with van der Waals surface area (Å²) < 4.78 is 13.5. The molecule has 0 unspecified atom stereocenters. The fraction of sp³-hybridized carbons (Fsp3) is 0.316. The van der Waals surface area contributed by atoms with Crippen LogP contribution in [-0.2, 0) is 16.3 Å². The van der Waals surface area contributed by atoms with Gasteiger partial charge >= 0.3 is 0 Å². The highest BCUT2D eigenvalue weighted by Gasteiger charge is 2.12. The van der Waals surface area contributed by atoms with E-state index in [0.717, 1.165) is 11.5 Å². The van der Waals surface area contributed by atoms with Gasteiger partial charge in [-0.1, -0.05) is 48.5 Å². The maximum atomic E-state index is 13.5. The molecule has 0 saturated heterocycles. The Labute approximate surface area is 151 Å². The van der Waals surface area contributed by atoms with Crippen molar-refractivity contribution in [3.8, 4) is 0 Å². The molecule has 1 amide bonds. The first-order valence-electron chi connectivity index (χ1n) is 7.91. The summed E-state index contributed by atoms with van der Waals surface area (Å²) in [5, 5.41) is 2.86. The molecule has 2 aromatic rings. The molecule has 1 N–H and O–H groups in total. The molecule has 0 spiro atoms. The Kier molecular flexibility index (Phi) is 8.19. The molecule has 0 aliphatic rings. The topological polar surface area (TPSA) is 29.1 Å². The normalized spacial score (nSPS) is 11.9. The van der Waals surface area contributed by atoms with Crippen molar-refractivity contribution in [3.63, 3.8) is 0 Å². The van der Waals surface area contributed by atoms with Crippen molar-refractivity contribution in [2.24, 2.45) is 0 Å². The van der Waals surface area contributed by atoms with Gasteiger partial charge in [0.05, 0.1) is 5.25 Å². The van der Waals surface area contributed by atoms with E-state index in [1.165, 1.54) is 11.6 Å². The lowest BCUT2D eigenvalue weighted by molar-refractivity contribution is -0.120. The maximum Gasteiger partial charge on any atom is 0.232 e. The monoisotopic (exact) mass is 363 g/mol. The minimum atomic E-state index is -0.167. The number of nitrogens with one attached hydrogen (secondary N) is 1. The number of amides is 1. The van der Waals surface area contributed by atoms with Gasteiger partial charge in [0.2, 0.25) is 5.91 Å². The van der Waals surface area contributed by atoms with Crippen molar-refractivity contribution in [2.75, 3.05) is 12.3 Å². The van der Waals surface area contributed by atoms with Gasteiger partial charge in [-0.25, -0.2) is 4.39 Å². The van der Waals surface area contributed by atoms with E-state index in [2.05, 4.69) is 17.4 Å². The molecule has 0 saturated carbocycles. The summed E-state index contributed by atoms with van der Waals surface area (Å²) in [6, 6.07) is 16.9. The van der Waals surface area contributed by atoms with Crippen LogP contribution in [0.3, 0.4) is 0 Å². The molecule has 5 heteroatoms. The first kappa shape index (κ1) is 18.9. The van der Waals surface area contributed by atoms with Crippen LogP contribution in [0.1, 0.15) is 18.1 Å². The smallest absolute Gasteiger partial charge is 0.232 e. The zero-order chi connectivity index (χ0) is 17.2. The van der Waals surface area contributed by atoms with Crippen LogP contribution >= 0.6 is 23.5 Å². The van der Waals surface area contributed by atoms with Crippen molar-refractivity contribution in [2.45, 2.75) is 23.7 Å².